The fourth-order valence-corrected chi connectivity index (χ4v) is 2.87. The lowest BCUT2D eigenvalue weighted by atomic mass is 9.91. The zero-order valence-corrected chi connectivity index (χ0v) is 8.11. The van der Waals surface area contributed by atoms with Gasteiger partial charge in [-0.15, -0.1) is 0 Å². The highest BCUT2D eigenvalue weighted by atomic mass is 16.3. The smallest absolute Gasteiger partial charge is 0.0508 e. The van der Waals surface area contributed by atoms with E-state index in [2.05, 4.69) is 29.6 Å². The number of hydrogen-bond acceptors (Lipinski definition) is 2. The zero-order valence-electron chi connectivity index (χ0n) is 8.11. The van der Waals surface area contributed by atoms with Crippen LogP contribution in [-0.4, -0.2) is 18.3 Å². The molecule has 0 bridgehead atoms. The summed E-state index contributed by atoms with van der Waals surface area (Å²) in [7, 11) is 0. The Morgan fingerprint density at radius 2 is 2.14 bits per heavy atom. The van der Waals surface area contributed by atoms with Gasteiger partial charge in [0.25, 0.3) is 0 Å². The van der Waals surface area contributed by atoms with Gasteiger partial charge in [-0.3, -0.25) is 0 Å². The molecule has 1 aliphatic heterocycles. The molecule has 0 spiro atoms. The van der Waals surface area contributed by atoms with Crippen LogP contribution >= 0.6 is 0 Å². The first-order valence-corrected chi connectivity index (χ1v) is 5.26. The van der Waals surface area contributed by atoms with Crippen LogP contribution in [0, 0.1) is 11.3 Å². The van der Waals surface area contributed by atoms with Crippen LogP contribution < -0.4 is 5.32 Å². The van der Waals surface area contributed by atoms with Crippen molar-refractivity contribution in [1.29, 1.82) is 0 Å². The van der Waals surface area contributed by atoms with Crippen molar-refractivity contribution in [2.45, 2.75) is 12.5 Å². The van der Waals surface area contributed by atoms with Gasteiger partial charge in [-0.25, -0.2) is 0 Å². The van der Waals surface area contributed by atoms with E-state index in [-0.39, 0.29) is 5.41 Å². The Morgan fingerprint density at radius 1 is 1.36 bits per heavy atom. The summed E-state index contributed by atoms with van der Waals surface area (Å²) in [4.78, 5) is 0. The highest BCUT2D eigenvalue weighted by Crippen LogP contribution is 2.63. The van der Waals surface area contributed by atoms with E-state index >= 15 is 0 Å². The third kappa shape index (κ3) is 0.983. The third-order valence-corrected chi connectivity index (χ3v) is 3.85. The minimum Gasteiger partial charge on any atom is -0.396 e. The molecule has 2 aliphatic rings. The molecule has 1 aromatic carbocycles. The van der Waals surface area contributed by atoms with Crippen LogP contribution in [0.2, 0.25) is 0 Å². The normalized spacial score (nSPS) is 39.5. The molecule has 2 nitrogen and oxygen atoms in total. The second kappa shape index (κ2) is 2.81. The molecule has 1 heterocycles. The maximum absolute atomic E-state index is 9.46. The van der Waals surface area contributed by atoms with Crippen LogP contribution in [-0.2, 0) is 0 Å². The summed E-state index contributed by atoms with van der Waals surface area (Å²) in [5.41, 5.74) is 1.49. The van der Waals surface area contributed by atoms with E-state index in [9.17, 15) is 5.11 Å². The summed E-state index contributed by atoms with van der Waals surface area (Å²) < 4.78 is 0. The quantitative estimate of drug-likeness (QED) is 0.735. The van der Waals surface area contributed by atoms with Gasteiger partial charge in [0.2, 0.25) is 0 Å². The number of fused-ring (bicyclic) bond motifs is 1. The fraction of sp³-hybridized carbons (Fsp3) is 0.500. The highest BCUT2D eigenvalue weighted by Gasteiger charge is 2.62. The van der Waals surface area contributed by atoms with E-state index < -0.39 is 0 Å². The molecular weight excluding hydrogens is 174 g/mol. The van der Waals surface area contributed by atoms with Crippen molar-refractivity contribution in [2.24, 2.45) is 11.3 Å². The summed E-state index contributed by atoms with van der Waals surface area (Å²) in [6, 6.07) is 10.8. The van der Waals surface area contributed by atoms with Crippen LogP contribution in [0.3, 0.4) is 0 Å². The van der Waals surface area contributed by atoms with Gasteiger partial charge in [0.1, 0.15) is 0 Å². The van der Waals surface area contributed by atoms with E-state index in [4.69, 9.17) is 0 Å². The molecule has 0 radical (unpaired) electrons. The van der Waals surface area contributed by atoms with Crippen molar-refractivity contribution in [3.8, 4) is 0 Å². The second-order valence-electron chi connectivity index (χ2n) is 4.54. The van der Waals surface area contributed by atoms with Gasteiger partial charge >= 0.3 is 0 Å². The number of aliphatic hydroxyl groups excluding tert-OH is 1. The third-order valence-electron chi connectivity index (χ3n) is 3.85. The summed E-state index contributed by atoms with van der Waals surface area (Å²) in [6.07, 6.45) is 1.19. The minimum atomic E-state index is 0.168. The second-order valence-corrected chi connectivity index (χ2v) is 4.54. The minimum absolute atomic E-state index is 0.168. The first-order valence-electron chi connectivity index (χ1n) is 5.26. The Hall–Kier alpha value is -0.860. The number of rotatable bonds is 2. The van der Waals surface area contributed by atoms with Gasteiger partial charge in [-0.2, -0.15) is 0 Å². The van der Waals surface area contributed by atoms with Gasteiger partial charge in [-0.05, 0) is 24.4 Å². The fourth-order valence-electron chi connectivity index (χ4n) is 2.87. The van der Waals surface area contributed by atoms with E-state index in [1.165, 1.54) is 12.0 Å². The van der Waals surface area contributed by atoms with Crippen molar-refractivity contribution < 1.29 is 5.11 Å². The summed E-state index contributed by atoms with van der Waals surface area (Å²) in [6.45, 7) is 1.39. The predicted molar refractivity (Wildman–Crippen MR) is 54.8 cm³/mol. The largest absolute Gasteiger partial charge is 0.396 e. The lowest BCUT2D eigenvalue weighted by Crippen LogP contribution is -2.25. The Bertz CT molecular complexity index is 333. The Morgan fingerprint density at radius 3 is 2.79 bits per heavy atom. The van der Waals surface area contributed by atoms with Crippen molar-refractivity contribution in [3.05, 3.63) is 35.9 Å². The molecule has 1 saturated heterocycles. The standard InChI is InChI=1S/C12H15NO/c14-8-12-6-10(12)7-13-11(12)9-4-2-1-3-5-9/h1-5,10-11,13-14H,6-8H2/t10?,11-,12-/m0/s1. The van der Waals surface area contributed by atoms with Crippen molar-refractivity contribution in [2.75, 3.05) is 13.2 Å². The number of piperidine rings is 1. The van der Waals surface area contributed by atoms with Crippen LogP contribution in [0.15, 0.2) is 30.3 Å². The number of benzene rings is 1. The lowest BCUT2D eigenvalue weighted by Gasteiger charge is -2.21. The molecule has 2 fully saturated rings. The molecule has 0 amide bonds. The molecule has 0 aromatic heterocycles. The van der Waals surface area contributed by atoms with Crippen molar-refractivity contribution >= 4 is 0 Å². The molecule has 1 unspecified atom stereocenters. The highest BCUT2D eigenvalue weighted by molar-refractivity contribution is 5.28. The van der Waals surface area contributed by atoms with E-state index in [1.54, 1.807) is 0 Å². The molecular formula is C12H15NO. The molecule has 3 rings (SSSR count). The Balaban J connectivity index is 1.93. The number of nitrogens with one attached hydrogen (secondary N) is 1. The molecule has 1 saturated carbocycles. The number of hydrogen-bond donors (Lipinski definition) is 2. The van der Waals surface area contributed by atoms with Gasteiger partial charge in [-0.1, -0.05) is 30.3 Å². The van der Waals surface area contributed by atoms with Crippen LogP contribution in [0.25, 0.3) is 0 Å². The molecule has 74 valence electrons. The van der Waals surface area contributed by atoms with Crippen LogP contribution in [0.4, 0.5) is 0 Å². The number of aliphatic hydroxyl groups is 1. The lowest BCUT2D eigenvalue weighted by molar-refractivity contribution is 0.185. The molecule has 14 heavy (non-hydrogen) atoms. The van der Waals surface area contributed by atoms with Crippen LogP contribution in [0.5, 0.6) is 0 Å². The Labute approximate surface area is 84.0 Å². The SMILES string of the molecule is OC[C@@]12CC1CN[C@H]2c1ccccc1. The first-order chi connectivity index (χ1) is 6.87. The molecule has 2 N–H and O–H groups in total. The monoisotopic (exact) mass is 189 g/mol. The van der Waals surface area contributed by atoms with E-state index in [0.717, 1.165) is 6.54 Å². The Kier molecular flexibility index (Phi) is 1.70. The predicted octanol–water partition coefficient (Wildman–Crippen LogP) is 1.33. The summed E-state index contributed by atoms with van der Waals surface area (Å²) in [5.74, 6) is 0.706. The molecule has 2 heteroatoms. The zero-order chi connectivity index (χ0) is 9.60. The van der Waals surface area contributed by atoms with E-state index in [1.807, 2.05) is 6.07 Å². The molecule has 1 aliphatic carbocycles. The van der Waals surface area contributed by atoms with Gasteiger partial charge < -0.3 is 10.4 Å². The topological polar surface area (TPSA) is 32.3 Å². The maximum atomic E-state index is 9.46. The van der Waals surface area contributed by atoms with Gasteiger partial charge in [0, 0.05) is 11.5 Å². The molecule has 1 aromatic rings. The van der Waals surface area contributed by atoms with Gasteiger partial charge in [0.15, 0.2) is 0 Å². The molecule has 3 atom stereocenters. The summed E-state index contributed by atoms with van der Waals surface area (Å²) in [5, 5.41) is 13.0. The maximum Gasteiger partial charge on any atom is 0.0508 e. The van der Waals surface area contributed by atoms with Crippen molar-refractivity contribution in [3.63, 3.8) is 0 Å². The first kappa shape index (κ1) is 8.45. The summed E-state index contributed by atoms with van der Waals surface area (Å²) >= 11 is 0. The van der Waals surface area contributed by atoms with E-state index in [0.29, 0.717) is 18.6 Å². The average Bonchev–Trinajstić information content (AvgIpc) is 2.87. The van der Waals surface area contributed by atoms with Crippen molar-refractivity contribution in [1.82, 2.24) is 5.32 Å². The van der Waals surface area contributed by atoms with Crippen LogP contribution in [0.1, 0.15) is 18.0 Å². The van der Waals surface area contributed by atoms with Gasteiger partial charge in [0.05, 0.1) is 6.61 Å². The average molecular weight is 189 g/mol.